The van der Waals surface area contributed by atoms with Crippen molar-refractivity contribution in [2.45, 2.75) is 18.7 Å². The summed E-state index contributed by atoms with van der Waals surface area (Å²) in [6.07, 6.45) is 0. The van der Waals surface area contributed by atoms with E-state index in [1.165, 1.54) is 0 Å². The van der Waals surface area contributed by atoms with Gasteiger partial charge in [0.2, 0.25) is 10.0 Å². The molecule has 0 aliphatic rings. The van der Waals surface area contributed by atoms with Gasteiger partial charge in [0, 0.05) is 11.6 Å². The molecule has 24 heavy (non-hydrogen) atoms. The van der Waals surface area contributed by atoms with Crippen LogP contribution in [0, 0.1) is 13.8 Å². The molecule has 2 rings (SSSR count). The summed E-state index contributed by atoms with van der Waals surface area (Å²) < 4.78 is 38.1. The van der Waals surface area contributed by atoms with Crippen LogP contribution in [-0.4, -0.2) is 28.7 Å². The lowest BCUT2D eigenvalue weighted by Gasteiger charge is -2.13. The van der Waals surface area contributed by atoms with E-state index >= 15 is 0 Å². The molecule has 0 saturated heterocycles. The average molecular weight is 370 g/mol. The number of hydrogen-bond donors (Lipinski definition) is 1. The van der Waals surface area contributed by atoms with Crippen molar-refractivity contribution in [3.8, 4) is 11.5 Å². The second-order valence-corrected chi connectivity index (χ2v) is 7.46. The Hall–Kier alpha value is -1.76. The van der Waals surface area contributed by atoms with Crippen molar-refractivity contribution in [1.29, 1.82) is 0 Å². The van der Waals surface area contributed by atoms with Crippen LogP contribution in [0.1, 0.15) is 11.1 Å². The molecule has 0 saturated carbocycles. The van der Waals surface area contributed by atoms with Gasteiger partial charge in [0.15, 0.2) is 0 Å². The molecule has 0 atom stereocenters. The molecule has 2 aromatic carbocycles. The maximum atomic E-state index is 12.4. The van der Waals surface area contributed by atoms with Gasteiger partial charge < -0.3 is 9.47 Å². The summed E-state index contributed by atoms with van der Waals surface area (Å²) in [5.74, 6) is 1.30. The number of sulfonamides is 1. The summed E-state index contributed by atoms with van der Waals surface area (Å²) in [5.41, 5.74) is 1.39. The zero-order valence-corrected chi connectivity index (χ0v) is 15.4. The van der Waals surface area contributed by atoms with Crippen LogP contribution in [0.25, 0.3) is 0 Å². The SMILES string of the molecule is COc1cc(C)c(S(=O)(=O)NCCOc2ccc(Cl)cc2)cc1C. The lowest BCUT2D eigenvalue weighted by atomic mass is 10.1. The fourth-order valence-electron chi connectivity index (χ4n) is 2.23. The summed E-state index contributed by atoms with van der Waals surface area (Å²) >= 11 is 5.79. The molecule has 0 heterocycles. The van der Waals surface area contributed by atoms with E-state index in [0.717, 1.165) is 5.56 Å². The smallest absolute Gasteiger partial charge is 0.240 e. The molecule has 0 bridgehead atoms. The molecule has 0 spiro atoms. The van der Waals surface area contributed by atoms with E-state index in [-0.39, 0.29) is 18.0 Å². The van der Waals surface area contributed by atoms with Gasteiger partial charge in [-0.1, -0.05) is 11.6 Å². The Morgan fingerprint density at radius 3 is 2.38 bits per heavy atom. The number of benzene rings is 2. The first kappa shape index (κ1) is 18.6. The Labute approximate surface area is 147 Å². The molecular formula is C17H20ClNO4S. The van der Waals surface area contributed by atoms with Crippen molar-refractivity contribution < 1.29 is 17.9 Å². The first-order valence-electron chi connectivity index (χ1n) is 7.37. The molecule has 1 N–H and O–H groups in total. The number of nitrogens with one attached hydrogen (secondary N) is 1. The highest BCUT2D eigenvalue weighted by molar-refractivity contribution is 7.89. The Bertz CT molecular complexity index is 804. The van der Waals surface area contributed by atoms with Crippen LogP contribution in [0.15, 0.2) is 41.3 Å². The molecule has 0 radical (unpaired) electrons. The summed E-state index contributed by atoms with van der Waals surface area (Å²) in [6, 6.07) is 10.2. The molecule has 5 nitrogen and oxygen atoms in total. The van der Waals surface area contributed by atoms with E-state index in [1.54, 1.807) is 57.4 Å². The van der Waals surface area contributed by atoms with Gasteiger partial charge in [0.25, 0.3) is 0 Å². The van der Waals surface area contributed by atoms with Gasteiger partial charge in [0.05, 0.1) is 12.0 Å². The van der Waals surface area contributed by atoms with E-state index in [0.29, 0.717) is 22.1 Å². The quantitative estimate of drug-likeness (QED) is 0.760. The first-order chi connectivity index (χ1) is 11.3. The lowest BCUT2D eigenvalue weighted by Crippen LogP contribution is -2.29. The number of ether oxygens (including phenoxy) is 2. The van der Waals surface area contributed by atoms with Gasteiger partial charge in [-0.05, 0) is 61.4 Å². The van der Waals surface area contributed by atoms with Crippen molar-refractivity contribution in [3.05, 3.63) is 52.5 Å². The fraction of sp³-hybridized carbons (Fsp3) is 0.294. The van der Waals surface area contributed by atoms with Crippen LogP contribution in [0.2, 0.25) is 5.02 Å². The van der Waals surface area contributed by atoms with Gasteiger partial charge in [0.1, 0.15) is 18.1 Å². The molecule has 0 fully saturated rings. The van der Waals surface area contributed by atoms with Crippen molar-refractivity contribution >= 4 is 21.6 Å². The summed E-state index contributed by atoms with van der Waals surface area (Å²) in [7, 11) is -2.05. The number of rotatable bonds is 7. The predicted octanol–water partition coefficient (Wildman–Crippen LogP) is 3.32. The molecule has 0 amide bonds. The highest BCUT2D eigenvalue weighted by Crippen LogP contribution is 2.25. The molecule has 0 aromatic heterocycles. The largest absolute Gasteiger partial charge is 0.496 e. The van der Waals surface area contributed by atoms with Crippen LogP contribution in [0.4, 0.5) is 0 Å². The Morgan fingerprint density at radius 2 is 1.75 bits per heavy atom. The first-order valence-corrected chi connectivity index (χ1v) is 9.23. The van der Waals surface area contributed by atoms with Gasteiger partial charge in [-0.25, -0.2) is 13.1 Å². The highest BCUT2D eigenvalue weighted by Gasteiger charge is 2.18. The third-order valence-electron chi connectivity index (χ3n) is 3.46. The minimum Gasteiger partial charge on any atom is -0.496 e. The highest BCUT2D eigenvalue weighted by atomic mass is 35.5. The van der Waals surface area contributed by atoms with Crippen LogP contribution in [0.3, 0.4) is 0 Å². The number of aryl methyl sites for hydroxylation is 2. The summed E-state index contributed by atoms with van der Waals surface area (Å²) in [5, 5.41) is 0.619. The van der Waals surface area contributed by atoms with Gasteiger partial charge in [-0.2, -0.15) is 0 Å². The minimum absolute atomic E-state index is 0.162. The van der Waals surface area contributed by atoms with E-state index in [9.17, 15) is 8.42 Å². The van der Waals surface area contributed by atoms with E-state index in [4.69, 9.17) is 21.1 Å². The summed E-state index contributed by atoms with van der Waals surface area (Å²) in [6.45, 7) is 3.92. The standard InChI is InChI=1S/C17H20ClNO4S/c1-12-11-17(13(2)10-16(12)22-3)24(20,21)19-8-9-23-15-6-4-14(18)5-7-15/h4-7,10-11,19H,8-9H2,1-3H3. The van der Waals surface area contributed by atoms with Crippen molar-refractivity contribution in [2.24, 2.45) is 0 Å². The van der Waals surface area contributed by atoms with Gasteiger partial charge in [-0.15, -0.1) is 0 Å². The zero-order valence-electron chi connectivity index (χ0n) is 13.8. The number of halogens is 1. The number of methoxy groups -OCH3 is 1. The second-order valence-electron chi connectivity index (χ2n) is 5.29. The van der Waals surface area contributed by atoms with Gasteiger partial charge in [-0.3, -0.25) is 0 Å². The molecule has 7 heteroatoms. The van der Waals surface area contributed by atoms with Gasteiger partial charge >= 0.3 is 0 Å². The third-order valence-corrected chi connectivity index (χ3v) is 5.31. The number of hydrogen-bond acceptors (Lipinski definition) is 4. The second kappa shape index (κ2) is 7.88. The van der Waals surface area contributed by atoms with Crippen molar-refractivity contribution in [2.75, 3.05) is 20.3 Å². The predicted molar refractivity (Wildman–Crippen MR) is 94.6 cm³/mol. The Kier molecular flexibility index (Phi) is 6.10. The minimum atomic E-state index is -3.61. The average Bonchev–Trinajstić information content (AvgIpc) is 2.55. The Balaban J connectivity index is 1.98. The van der Waals surface area contributed by atoms with E-state index in [2.05, 4.69) is 4.72 Å². The Morgan fingerprint density at radius 1 is 1.08 bits per heavy atom. The molecular weight excluding hydrogens is 350 g/mol. The zero-order chi connectivity index (χ0) is 17.7. The molecule has 0 unspecified atom stereocenters. The van der Waals surface area contributed by atoms with Crippen LogP contribution < -0.4 is 14.2 Å². The maximum Gasteiger partial charge on any atom is 0.240 e. The van der Waals surface area contributed by atoms with Crippen molar-refractivity contribution in [3.63, 3.8) is 0 Å². The summed E-state index contributed by atoms with van der Waals surface area (Å²) in [4.78, 5) is 0.243. The molecule has 0 aliphatic heterocycles. The monoisotopic (exact) mass is 369 g/mol. The molecule has 130 valence electrons. The lowest BCUT2D eigenvalue weighted by molar-refractivity contribution is 0.323. The fourth-order valence-corrected chi connectivity index (χ4v) is 3.67. The molecule has 0 aliphatic carbocycles. The van der Waals surface area contributed by atoms with E-state index in [1.807, 2.05) is 0 Å². The third kappa shape index (κ3) is 4.63. The molecule has 2 aromatic rings. The van der Waals surface area contributed by atoms with Crippen molar-refractivity contribution in [1.82, 2.24) is 4.72 Å². The van der Waals surface area contributed by atoms with Crippen LogP contribution >= 0.6 is 11.6 Å². The van der Waals surface area contributed by atoms with Crippen LogP contribution in [0.5, 0.6) is 11.5 Å². The maximum absolute atomic E-state index is 12.4. The van der Waals surface area contributed by atoms with E-state index < -0.39 is 10.0 Å². The topological polar surface area (TPSA) is 64.6 Å². The normalized spacial score (nSPS) is 11.3. The van der Waals surface area contributed by atoms with Crippen LogP contribution in [-0.2, 0) is 10.0 Å².